The maximum Gasteiger partial charge on any atom is 0.416 e. The smallest absolute Gasteiger partial charge is 0.416 e. The van der Waals surface area contributed by atoms with Crippen molar-refractivity contribution in [3.63, 3.8) is 0 Å². The van der Waals surface area contributed by atoms with Crippen LogP contribution >= 0.6 is 0 Å². The Morgan fingerprint density at radius 1 is 1.35 bits per heavy atom. The Labute approximate surface area is 96.7 Å². The number of ketones is 1. The second kappa shape index (κ2) is 5.03. The van der Waals surface area contributed by atoms with Gasteiger partial charge in [0.1, 0.15) is 5.75 Å². The third-order valence-electron chi connectivity index (χ3n) is 2.05. The van der Waals surface area contributed by atoms with Crippen LogP contribution in [0.25, 0.3) is 6.08 Å². The molecule has 0 spiro atoms. The molecule has 0 atom stereocenters. The van der Waals surface area contributed by atoms with Crippen LogP contribution in [0.4, 0.5) is 13.2 Å². The van der Waals surface area contributed by atoms with Gasteiger partial charge in [-0.2, -0.15) is 13.2 Å². The summed E-state index contributed by atoms with van der Waals surface area (Å²) >= 11 is 0. The summed E-state index contributed by atoms with van der Waals surface area (Å²) in [6.07, 6.45) is -1.92. The van der Waals surface area contributed by atoms with Gasteiger partial charge in [0.2, 0.25) is 0 Å². The summed E-state index contributed by atoms with van der Waals surface area (Å²) in [6.45, 7) is 1.32. The molecule has 1 aromatic rings. The van der Waals surface area contributed by atoms with Crippen LogP contribution in [0.15, 0.2) is 24.3 Å². The molecule has 2 nitrogen and oxygen atoms in total. The number of allylic oxidation sites excluding steroid dienone is 1. The molecule has 0 aromatic heterocycles. The van der Waals surface area contributed by atoms with Crippen LogP contribution in [0.1, 0.15) is 18.1 Å². The Bertz CT molecular complexity index is 448. The van der Waals surface area contributed by atoms with Crippen LogP contribution in [0, 0.1) is 0 Å². The normalized spacial score (nSPS) is 11.8. The van der Waals surface area contributed by atoms with Crippen LogP contribution in [0.3, 0.4) is 0 Å². The zero-order chi connectivity index (χ0) is 13.1. The monoisotopic (exact) mass is 244 g/mol. The molecule has 0 aliphatic carbocycles. The Balaban J connectivity index is 3.20. The molecule has 0 saturated heterocycles. The lowest BCUT2D eigenvalue weighted by atomic mass is 10.1. The fourth-order valence-corrected chi connectivity index (χ4v) is 1.25. The van der Waals surface area contributed by atoms with Gasteiger partial charge in [0.25, 0.3) is 0 Å². The van der Waals surface area contributed by atoms with Crippen LogP contribution in [-0.4, -0.2) is 12.9 Å². The molecular weight excluding hydrogens is 233 g/mol. The zero-order valence-corrected chi connectivity index (χ0v) is 9.34. The average molecular weight is 244 g/mol. The second-order valence-corrected chi connectivity index (χ2v) is 3.40. The Kier molecular flexibility index (Phi) is 3.93. The van der Waals surface area contributed by atoms with Gasteiger partial charge in [-0.15, -0.1) is 0 Å². The van der Waals surface area contributed by atoms with E-state index in [9.17, 15) is 18.0 Å². The van der Waals surface area contributed by atoms with Crippen LogP contribution in [0.2, 0.25) is 0 Å². The minimum atomic E-state index is -4.41. The molecule has 0 aliphatic rings. The van der Waals surface area contributed by atoms with E-state index < -0.39 is 11.7 Å². The van der Waals surface area contributed by atoms with E-state index in [1.54, 1.807) is 0 Å². The Morgan fingerprint density at radius 2 is 2.00 bits per heavy atom. The number of ether oxygens (including phenoxy) is 1. The van der Waals surface area contributed by atoms with Gasteiger partial charge in [0.15, 0.2) is 5.78 Å². The first-order valence-corrected chi connectivity index (χ1v) is 4.78. The SMILES string of the molecule is COc1ccc(C(F)(F)F)cc1/C=C/C(C)=O. The molecule has 0 heterocycles. The standard InChI is InChI=1S/C12H11F3O2/c1-8(16)3-4-9-7-10(12(13,14)15)5-6-11(9)17-2/h3-7H,1-2H3/b4-3+. The highest BCUT2D eigenvalue weighted by Gasteiger charge is 2.30. The van der Waals surface area contributed by atoms with Crippen molar-refractivity contribution in [3.8, 4) is 5.75 Å². The van der Waals surface area contributed by atoms with Crippen molar-refractivity contribution in [1.29, 1.82) is 0 Å². The van der Waals surface area contributed by atoms with E-state index in [0.717, 1.165) is 12.1 Å². The van der Waals surface area contributed by atoms with Crippen molar-refractivity contribution in [1.82, 2.24) is 0 Å². The molecule has 0 unspecified atom stereocenters. The number of halogens is 3. The summed E-state index contributed by atoms with van der Waals surface area (Å²) in [4.78, 5) is 10.7. The van der Waals surface area contributed by atoms with Gasteiger partial charge in [-0.25, -0.2) is 0 Å². The molecule has 5 heteroatoms. The largest absolute Gasteiger partial charge is 0.496 e. The Morgan fingerprint density at radius 3 is 2.47 bits per heavy atom. The average Bonchev–Trinajstić information content (AvgIpc) is 2.24. The molecule has 92 valence electrons. The number of rotatable bonds is 3. The van der Waals surface area contributed by atoms with Crippen molar-refractivity contribution in [2.45, 2.75) is 13.1 Å². The summed E-state index contributed by atoms with van der Waals surface area (Å²) in [7, 11) is 1.35. The second-order valence-electron chi connectivity index (χ2n) is 3.40. The van der Waals surface area contributed by atoms with E-state index in [0.29, 0.717) is 0 Å². The summed E-state index contributed by atoms with van der Waals surface area (Å²) in [5, 5.41) is 0. The van der Waals surface area contributed by atoms with Gasteiger partial charge in [-0.1, -0.05) is 0 Å². The maximum atomic E-state index is 12.5. The first-order chi connectivity index (χ1) is 7.84. The van der Waals surface area contributed by atoms with Crippen LogP contribution in [0.5, 0.6) is 5.75 Å². The van der Waals surface area contributed by atoms with E-state index >= 15 is 0 Å². The summed E-state index contributed by atoms with van der Waals surface area (Å²) in [6, 6.07) is 3.10. The number of hydrogen-bond acceptors (Lipinski definition) is 2. The summed E-state index contributed by atoms with van der Waals surface area (Å²) in [5.74, 6) is 0.0416. The molecule has 0 aliphatic heterocycles. The quantitative estimate of drug-likeness (QED) is 0.762. The van der Waals surface area contributed by atoms with E-state index in [-0.39, 0.29) is 17.1 Å². The van der Waals surface area contributed by atoms with Crippen LogP contribution in [-0.2, 0) is 11.0 Å². The number of carbonyl (C=O) groups is 1. The number of benzene rings is 1. The number of carbonyl (C=O) groups excluding carboxylic acids is 1. The molecular formula is C12H11F3O2. The van der Waals surface area contributed by atoms with E-state index in [2.05, 4.69) is 0 Å². The molecule has 1 aromatic carbocycles. The highest BCUT2D eigenvalue weighted by Crippen LogP contribution is 2.32. The predicted molar refractivity (Wildman–Crippen MR) is 57.7 cm³/mol. The fourth-order valence-electron chi connectivity index (χ4n) is 1.25. The molecule has 1 rings (SSSR count). The third kappa shape index (κ3) is 3.62. The molecule has 0 saturated carbocycles. The fraction of sp³-hybridized carbons (Fsp3) is 0.250. The topological polar surface area (TPSA) is 26.3 Å². The van der Waals surface area contributed by atoms with Crippen molar-refractivity contribution in [2.24, 2.45) is 0 Å². The Hall–Kier alpha value is -1.78. The molecule has 17 heavy (non-hydrogen) atoms. The molecule has 0 amide bonds. The molecule has 0 bridgehead atoms. The number of alkyl halides is 3. The third-order valence-corrected chi connectivity index (χ3v) is 2.05. The lowest BCUT2D eigenvalue weighted by Crippen LogP contribution is -2.05. The van der Waals surface area contributed by atoms with E-state index in [1.807, 2.05) is 0 Å². The van der Waals surface area contributed by atoms with Crippen molar-refractivity contribution in [2.75, 3.05) is 7.11 Å². The predicted octanol–water partition coefficient (Wildman–Crippen LogP) is 3.32. The van der Waals surface area contributed by atoms with Crippen molar-refractivity contribution in [3.05, 3.63) is 35.4 Å². The van der Waals surface area contributed by atoms with Gasteiger partial charge in [-0.3, -0.25) is 4.79 Å². The van der Waals surface area contributed by atoms with Gasteiger partial charge < -0.3 is 4.74 Å². The first kappa shape index (κ1) is 13.3. The number of hydrogen-bond donors (Lipinski definition) is 0. The maximum absolute atomic E-state index is 12.5. The zero-order valence-electron chi connectivity index (χ0n) is 9.34. The first-order valence-electron chi connectivity index (χ1n) is 4.78. The van der Waals surface area contributed by atoms with Gasteiger partial charge >= 0.3 is 6.18 Å². The van der Waals surface area contributed by atoms with Crippen LogP contribution < -0.4 is 4.74 Å². The minimum absolute atomic E-state index is 0.220. The van der Waals surface area contributed by atoms with Gasteiger partial charge in [-0.05, 0) is 37.3 Å². The highest BCUT2D eigenvalue weighted by molar-refractivity contribution is 5.91. The molecule has 0 radical (unpaired) electrons. The van der Waals surface area contributed by atoms with E-state index in [1.165, 1.54) is 32.3 Å². The lowest BCUT2D eigenvalue weighted by molar-refractivity contribution is -0.137. The minimum Gasteiger partial charge on any atom is -0.496 e. The molecule has 0 fully saturated rings. The molecule has 0 N–H and O–H groups in total. The van der Waals surface area contributed by atoms with Gasteiger partial charge in [0, 0.05) is 5.56 Å². The number of methoxy groups -OCH3 is 1. The van der Waals surface area contributed by atoms with Crippen molar-refractivity contribution < 1.29 is 22.7 Å². The van der Waals surface area contributed by atoms with Crippen molar-refractivity contribution >= 4 is 11.9 Å². The lowest BCUT2D eigenvalue weighted by Gasteiger charge is -2.10. The van der Waals surface area contributed by atoms with E-state index in [4.69, 9.17) is 4.74 Å². The summed E-state index contributed by atoms with van der Waals surface area (Å²) < 4.78 is 42.3. The van der Waals surface area contributed by atoms with Gasteiger partial charge in [0.05, 0.1) is 12.7 Å². The summed E-state index contributed by atoms with van der Waals surface area (Å²) in [5.41, 5.74) is -0.556. The highest BCUT2D eigenvalue weighted by atomic mass is 19.4.